The maximum absolute atomic E-state index is 2.54. The highest BCUT2D eigenvalue weighted by atomic mass is 15.2. The fourth-order valence-corrected chi connectivity index (χ4v) is 13.7. The Balaban J connectivity index is 0.851. The Labute approximate surface area is 456 Å². The van der Waals surface area contributed by atoms with Crippen LogP contribution in [0.5, 0.6) is 0 Å². The van der Waals surface area contributed by atoms with Crippen molar-refractivity contribution in [3.8, 4) is 33.6 Å². The standard InChI is InChI=1S/C74H58N4/c1-73(2,77(55-27-13-7-14-28-55)57-37-41-67-65(47-57)71-63-45-49-21-17-19-31-59(49)61(63)39-43-69(71)75(67)53-23-9-5-10-24-53)51-33-35-52(36-34-51)74(3,4)78(56-29-15-8-16-30-56)58-38-42-68-66(48-58)72-64-46-50-22-18-20-32-60(50)62(64)40-44-70(72)76(68)54-25-11-6-12-26-54/h5-44,47-48H,45-46H2,1-4H3. The number of aromatic nitrogens is 2. The van der Waals surface area contributed by atoms with Crippen molar-refractivity contribution in [1.82, 2.24) is 9.13 Å². The largest absolute Gasteiger partial charge is 0.332 e. The average molecular weight is 1000 g/mol. The molecule has 0 N–H and O–H groups in total. The lowest BCUT2D eigenvalue weighted by Crippen LogP contribution is -2.39. The lowest BCUT2D eigenvalue weighted by Gasteiger charge is -2.43. The van der Waals surface area contributed by atoms with Crippen LogP contribution in [0.2, 0.25) is 0 Å². The van der Waals surface area contributed by atoms with E-state index in [0.29, 0.717) is 0 Å². The minimum atomic E-state index is -0.468. The Kier molecular flexibility index (Phi) is 10.4. The molecular weight excluding hydrogens is 945 g/mol. The predicted molar refractivity (Wildman–Crippen MR) is 328 cm³/mol. The third-order valence-corrected chi connectivity index (χ3v) is 17.4. The summed E-state index contributed by atoms with van der Waals surface area (Å²) in [6.07, 6.45) is 1.84. The molecule has 0 spiro atoms. The lowest BCUT2D eigenvalue weighted by molar-refractivity contribution is 0.525. The van der Waals surface area contributed by atoms with Crippen LogP contribution in [0.25, 0.3) is 77.2 Å². The third-order valence-electron chi connectivity index (χ3n) is 17.4. The van der Waals surface area contributed by atoms with E-state index in [1.165, 1.54) is 111 Å². The highest BCUT2D eigenvalue weighted by molar-refractivity contribution is 6.16. The zero-order valence-corrected chi connectivity index (χ0v) is 44.5. The Morgan fingerprint density at radius 2 is 0.654 bits per heavy atom. The molecular formula is C74H58N4. The van der Waals surface area contributed by atoms with E-state index in [4.69, 9.17) is 0 Å². The minimum Gasteiger partial charge on any atom is -0.332 e. The summed E-state index contributed by atoms with van der Waals surface area (Å²) in [5.74, 6) is 0. The second kappa shape index (κ2) is 17.6. The van der Waals surface area contributed by atoms with E-state index >= 15 is 0 Å². The minimum absolute atomic E-state index is 0.468. The zero-order chi connectivity index (χ0) is 52.3. The molecule has 11 aromatic carbocycles. The highest BCUT2D eigenvalue weighted by Gasteiger charge is 2.36. The topological polar surface area (TPSA) is 16.3 Å². The molecule has 0 fully saturated rings. The number of rotatable bonds is 10. The van der Waals surface area contributed by atoms with Crippen LogP contribution < -0.4 is 9.80 Å². The summed E-state index contributed by atoms with van der Waals surface area (Å²) in [4.78, 5) is 5.09. The number of anilines is 4. The average Bonchev–Trinajstić information content (AvgIpc) is 4.39. The van der Waals surface area contributed by atoms with Gasteiger partial charge >= 0.3 is 0 Å². The van der Waals surface area contributed by atoms with Crippen molar-refractivity contribution in [2.24, 2.45) is 0 Å². The van der Waals surface area contributed by atoms with Crippen LogP contribution in [0, 0.1) is 0 Å². The van der Waals surface area contributed by atoms with Gasteiger partial charge in [0.05, 0.1) is 33.1 Å². The Hall–Kier alpha value is -9.38. The van der Waals surface area contributed by atoms with Crippen molar-refractivity contribution >= 4 is 66.4 Å². The van der Waals surface area contributed by atoms with Gasteiger partial charge in [0.2, 0.25) is 0 Å². The van der Waals surface area contributed by atoms with Gasteiger partial charge in [-0.2, -0.15) is 0 Å². The molecule has 13 aromatic rings. The Morgan fingerprint density at radius 3 is 1.05 bits per heavy atom. The molecule has 0 bridgehead atoms. The molecule has 0 unspecified atom stereocenters. The third kappa shape index (κ3) is 6.99. The van der Waals surface area contributed by atoms with Crippen LogP contribution in [-0.4, -0.2) is 9.13 Å². The maximum Gasteiger partial charge on any atom is 0.0646 e. The Morgan fingerprint density at radius 1 is 0.308 bits per heavy atom. The summed E-state index contributed by atoms with van der Waals surface area (Å²) < 4.78 is 4.92. The normalized spacial score (nSPS) is 12.8. The molecule has 0 saturated carbocycles. The van der Waals surface area contributed by atoms with Crippen LogP contribution in [0.3, 0.4) is 0 Å². The molecule has 15 rings (SSSR count). The molecule has 2 aliphatic rings. The van der Waals surface area contributed by atoms with Gasteiger partial charge in [0.15, 0.2) is 0 Å². The first-order valence-electron chi connectivity index (χ1n) is 27.5. The zero-order valence-electron chi connectivity index (χ0n) is 44.5. The smallest absolute Gasteiger partial charge is 0.0646 e. The van der Waals surface area contributed by atoms with E-state index in [1.54, 1.807) is 0 Å². The molecule has 0 radical (unpaired) electrons. The van der Waals surface area contributed by atoms with Crippen LogP contribution in [0.15, 0.2) is 255 Å². The number of benzene rings is 11. The van der Waals surface area contributed by atoms with E-state index in [2.05, 4.69) is 301 Å². The summed E-state index contributed by atoms with van der Waals surface area (Å²) in [6, 6.07) is 94.6. The number of para-hydroxylation sites is 4. The fourth-order valence-electron chi connectivity index (χ4n) is 13.7. The van der Waals surface area contributed by atoms with Gasteiger partial charge in [-0.05, 0) is 193 Å². The molecule has 0 aliphatic heterocycles. The van der Waals surface area contributed by atoms with Crippen LogP contribution in [-0.2, 0) is 23.9 Å². The second-order valence-electron chi connectivity index (χ2n) is 22.4. The van der Waals surface area contributed by atoms with E-state index < -0.39 is 11.1 Å². The van der Waals surface area contributed by atoms with Crippen LogP contribution >= 0.6 is 0 Å². The molecule has 0 atom stereocenters. The van der Waals surface area contributed by atoms with Crippen LogP contribution in [0.4, 0.5) is 22.7 Å². The monoisotopic (exact) mass is 1000 g/mol. The quantitative estimate of drug-likeness (QED) is 0.136. The van der Waals surface area contributed by atoms with Crippen molar-refractivity contribution < 1.29 is 0 Å². The lowest BCUT2D eigenvalue weighted by atomic mass is 9.85. The predicted octanol–water partition coefficient (Wildman–Crippen LogP) is 19.2. The molecule has 374 valence electrons. The van der Waals surface area contributed by atoms with Gasteiger partial charge in [-0.1, -0.05) is 158 Å². The Bertz CT molecular complexity index is 4180. The van der Waals surface area contributed by atoms with E-state index in [0.717, 1.165) is 35.6 Å². The molecule has 2 aromatic heterocycles. The first-order valence-corrected chi connectivity index (χ1v) is 27.5. The van der Waals surface area contributed by atoms with E-state index in [1.807, 2.05) is 0 Å². The van der Waals surface area contributed by atoms with E-state index in [9.17, 15) is 0 Å². The summed E-state index contributed by atoms with van der Waals surface area (Å²) >= 11 is 0. The maximum atomic E-state index is 2.54. The molecule has 78 heavy (non-hydrogen) atoms. The summed E-state index contributed by atoms with van der Waals surface area (Å²) in [5, 5.41) is 5.20. The van der Waals surface area contributed by atoms with Crippen molar-refractivity contribution in [3.63, 3.8) is 0 Å². The first-order chi connectivity index (χ1) is 38.2. The molecule has 2 aliphatic carbocycles. The van der Waals surface area contributed by atoms with Gasteiger partial charge < -0.3 is 18.9 Å². The first kappa shape index (κ1) is 46.0. The highest BCUT2D eigenvalue weighted by Crippen LogP contribution is 2.50. The van der Waals surface area contributed by atoms with Crippen molar-refractivity contribution in [1.29, 1.82) is 0 Å². The molecule has 0 amide bonds. The molecule has 2 heterocycles. The molecule has 4 nitrogen and oxygen atoms in total. The number of fused-ring (bicyclic) bond motifs is 14. The van der Waals surface area contributed by atoms with Crippen LogP contribution in [0.1, 0.15) is 61.1 Å². The van der Waals surface area contributed by atoms with E-state index in [-0.39, 0.29) is 0 Å². The SMILES string of the molecule is CC(C)(c1ccc(C(C)(C)N(c2ccccc2)c2ccc3c(c2)c2c4c(ccc2n3-c2ccccc2)-c2ccccc2C4)cc1)N(c1ccccc1)c1ccc2c(c1)c1c3c(ccc1n2-c1ccccc1)-c1ccccc1C3. The summed E-state index contributed by atoms with van der Waals surface area (Å²) in [5.41, 5.74) is 24.3. The number of nitrogens with zero attached hydrogens (tertiary/aromatic N) is 4. The number of hydrogen-bond donors (Lipinski definition) is 0. The van der Waals surface area contributed by atoms with Crippen molar-refractivity contribution in [3.05, 3.63) is 288 Å². The summed E-state index contributed by atoms with van der Waals surface area (Å²) in [7, 11) is 0. The molecule has 0 saturated heterocycles. The van der Waals surface area contributed by atoms with Crippen molar-refractivity contribution in [2.45, 2.75) is 51.6 Å². The van der Waals surface area contributed by atoms with Gasteiger partial charge in [0.1, 0.15) is 0 Å². The fraction of sp³-hybridized carbons (Fsp3) is 0.108. The van der Waals surface area contributed by atoms with Crippen molar-refractivity contribution in [2.75, 3.05) is 9.80 Å². The van der Waals surface area contributed by atoms with Gasteiger partial charge in [0.25, 0.3) is 0 Å². The summed E-state index contributed by atoms with van der Waals surface area (Å²) in [6.45, 7) is 9.49. The number of hydrogen-bond acceptors (Lipinski definition) is 2. The van der Waals surface area contributed by atoms with Gasteiger partial charge in [0, 0.05) is 55.7 Å². The second-order valence-corrected chi connectivity index (χ2v) is 22.4. The van der Waals surface area contributed by atoms with Gasteiger partial charge in [-0.25, -0.2) is 0 Å². The van der Waals surface area contributed by atoms with Gasteiger partial charge in [-0.15, -0.1) is 0 Å². The molecule has 4 heteroatoms. The van der Waals surface area contributed by atoms with Gasteiger partial charge in [-0.3, -0.25) is 0 Å².